The van der Waals surface area contributed by atoms with Crippen LogP contribution in [0.4, 0.5) is 0 Å². The van der Waals surface area contributed by atoms with Crippen molar-refractivity contribution >= 4 is 17.9 Å². The highest BCUT2D eigenvalue weighted by atomic mass is 16.7. The summed E-state index contributed by atoms with van der Waals surface area (Å²) in [4.78, 5) is 39.7. The molecule has 0 saturated carbocycles. The zero-order valence-corrected chi connectivity index (χ0v) is 29.6. The zero-order chi connectivity index (χ0) is 35.8. The average molecular weight is 677 g/mol. The molecule has 1 heterocycles. The number of hydrogen-bond donors (Lipinski definition) is 0. The van der Waals surface area contributed by atoms with Crippen LogP contribution in [-0.4, -0.2) is 55.7 Å². The van der Waals surface area contributed by atoms with E-state index in [9.17, 15) is 14.4 Å². The first-order valence-corrected chi connectivity index (χ1v) is 16.4. The second-order valence-corrected chi connectivity index (χ2v) is 14.1. The summed E-state index contributed by atoms with van der Waals surface area (Å²) in [6, 6.07) is 23.7. The molecule has 0 aliphatic carbocycles. The van der Waals surface area contributed by atoms with Crippen molar-refractivity contribution in [3.63, 3.8) is 0 Å². The Labute approximate surface area is 288 Å². The van der Waals surface area contributed by atoms with Gasteiger partial charge in [-0.1, -0.05) is 60.7 Å². The highest BCUT2D eigenvalue weighted by molar-refractivity contribution is 5.91. The first kappa shape index (κ1) is 37.6. The van der Waals surface area contributed by atoms with Crippen LogP contribution in [0.25, 0.3) is 0 Å². The third-order valence-electron chi connectivity index (χ3n) is 7.89. The molecule has 49 heavy (non-hydrogen) atoms. The number of hydrogen-bond acceptors (Lipinski definition) is 10. The summed E-state index contributed by atoms with van der Waals surface area (Å²) in [5.41, 5.74) is 0.872. The van der Waals surface area contributed by atoms with Crippen molar-refractivity contribution in [3.05, 3.63) is 101 Å². The van der Waals surface area contributed by atoms with Crippen LogP contribution in [0.3, 0.4) is 0 Å². The molecular formula is C39H48O10. The Kier molecular flexibility index (Phi) is 12.6. The largest absolute Gasteiger partial charge is 0.497 e. The van der Waals surface area contributed by atoms with Gasteiger partial charge in [0.15, 0.2) is 18.5 Å². The SMILES string of the molecule is COc1ccc(CO[C@@H]2[C@@H](OC(=O)C(C)(C)C)[C@H](C)O[C@@H](OCc3ccccc3C(=O)OCc3ccccc3)[C@@H]2OC(=O)C(C)(C)C)cc1. The van der Waals surface area contributed by atoms with Crippen LogP contribution in [0.1, 0.15) is 75.5 Å². The van der Waals surface area contributed by atoms with E-state index in [0.717, 1.165) is 11.1 Å². The number of rotatable bonds is 12. The van der Waals surface area contributed by atoms with Gasteiger partial charge in [-0.3, -0.25) is 9.59 Å². The maximum absolute atomic E-state index is 13.4. The molecule has 0 amide bonds. The molecule has 4 rings (SSSR count). The summed E-state index contributed by atoms with van der Waals surface area (Å²) in [5, 5.41) is 0. The number of ether oxygens (including phenoxy) is 7. The predicted molar refractivity (Wildman–Crippen MR) is 181 cm³/mol. The van der Waals surface area contributed by atoms with Gasteiger partial charge in [-0.2, -0.15) is 0 Å². The Bertz CT molecular complexity index is 1540. The van der Waals surface area contributed by atoms with Crippen LogP contribution < -0.4 is 4.74 Å². The Balaban J connectivity index is 1.62. The summed E-state index contributed by atoms with van der Waals surface area (Å²) < 4.78 is 42.0. The molecule has 10 heteroatoms. The molecule has 264 valence electrons. The van der Waals surface area contributed by atoms with Gasteiger partial charge in [0.1, 0.15) is 18.5 Å². The maximum Gasteiger partial charge on any atom is 0.338 e. The van der Waals surface area contributed by atoms with E-state index in [1.807, 2.05) is 54.6 Å². The minimum atomic E-state index is -1.14. The molecule has 0 N–H and O–H groups in total. The lowest BCUT2D eigenvalue weighted by atomic mass is 9.94. The molecule has 5 atom stereocenters. The van der Waals surface area contributed by atoms with E-state index >= 15 is 0 Å². The predicted octanol–water partition coefficient (Wildman–Crippen LogP) is 6.81. The zero-order valence-electron chi connectivity index (χ0n) is 29.6. The molecular weight excluding hydrogens is 628 g/mol. The van der Waals surface area contributed by atoms with E-state index in [1.54, 1.807) is 79.8 Å². The lowest BCUT2D eigenvalue weighted by molar-refractivity contribution is -0.312. The van der Waals surface area contributed by atoms with Gasteiger partial charge < -0.3 is 33.2 Å². The molecule has 0 unspecified atom stereocenters. The van der Waals surface area contributed by atoms with E-state index in [-0.39, 0.29) is 19.8 Å². The summed E-state index contributed by atoms with van der Waals surface area (Å²) in [5.74, 6) is -0.802. The third kappa shape index (κ3) is 10.4. The lowest BCUT2D eigenvalue weighted by Crippen LogP contribution is -2.61. The molecule has 1 fully saturated rings. The van der Waals surface area contributed by atoms with Gasteiger partial charge in [0.05, 0.1) is 42.8 Å². The standard InChI is InChI=1S/C39H48O10/c1-25-31(48-36(41)38(2,3)4)32(44-22-27-18-20-29(43-8)21-19-27)33(49-37(42)39(5,6)7)35(47-25)46-24-28-16-12-13-17-30(28)34(40)45-23-26-14-10-9-11-15-26/h9-21,25,31-33,35H,22-24H2,1-8H3/t25-,31-,32+,33+,35+/m0/s1. The Hall–Kier alpha value is -4.25. The topological polar surface area (TPSA) is 116 Å². The second kappa shape index (κ2) is 16.4. The average Bonchev–Trinajstić information content (AvgIpc) is 3.07. The summed E-state index contributed by atoms with van der Waals surface area (Å²) in [7, 11) is 1.59. The number of carbonyl (C=O) groups excluding carboxylic acids is 3. The van der Waals surface area contributed by atoms with Crippen molar-refractivity contribution in [2.75, 3.05) is 7.11 Å². The van der Waals surface area contributed by atoms with Crippen molar-refractivity contribution in [1.82, 2.24) is 0 Å². The molecule has 0 spiro atoms. The van der Waals surface area contributed by atoms with Gasteiger partial charge in [-0.15, -0.1) is 0 Å². The van der Waals surface area contributed by atoms with Crippen LogP contribution in [-0.2, 0) is 57.8 Å². The van der Waals surface area contributed by atoms with Crippen molar-refractivity contribution in [3.8, 4) is 5.75 Å². The Morgan fingerprint density at radius 1 is 0.653 bits per heavy atom. The smallest absolute Gasteiger partial charge is 0.338 e. The quantitative estimate of drug-likeness (QED) is 0.150. The van der Waals surface area contributed by atoms with Crippen LogP contribution in [0.5, 0.6) is 5.75 Å². The summed E-state index contributed by atoms with van der Waals surface area (Å²) >= 11 is 0. The van der Waals surface area contributed by atoms with Gasteiger partial charge in [0.2, 0.25) is 0 Å². The van der Waals surface area contributed by atoms with Crippen molar-refractivity contribution in [1.29, 1.82) is 0 Å². The van der Waals surface area contributed by atoms with Crippen LogP contribution in [0, 0.1) is 10.8 Å². The van der Waals surface area contributed by atoms with Crippen LogP contribution in [0.2, 0.25) is 0 Å². The fraction of sp³-hybridized carbons (Fsp3) is 0.462. The van der Waals surface area contributed by atoms with E-state index in [4.69, 9.17) is 33.2 Å². The molecule has 0 aromatic heterocycles. The minimum Gasteiger partial charge on any atom is -0.497 e. The molecule has 0 radical (unpaired) electrons. The van der Waals surface area contributed by atoms with E-state index in [1.165, 1.54) is 0 Å². The van der Waals surface area contributed by atoms with E-state index < -0.39 is 59.4 Å². The second-order valence-electron chi connectivity index (χ2n) is 14.1. The van der Waals surface area contributed by atoms with Gasteiger partial charge >= 0.3 is 17.9 Å². The number of carbonyl (C=O) groups is 3. The molecule has 1 aliphatic rings. The Morgan fingerprint density at radius 2 is 1.22 bits per heavy atom. The van der Waals surface area contributed by atoms with Gasteiger partial charge in [0.25, 0.3) is 0 Å². The number of benzene rings is 3. The Morgan fingerprint density at radius 3 is 1.84 bits per heavy atom. The molecule has 0 bridgehead atoms. The van der Waals surface area contributed by atoms with Crippen molar-refractivity contribution in [2.45, 2.75) is 99.0 Å². The van der Waals surface area contributed by atoms with Crippen molar-refractivity contribution in [2.24, 2.45) is 10.8 Å². The van der Waals surface area contributed by atoms with Gasteiger partial charge in [0, 0.05) is 0 Å². The van der Waals surface area contributed by atoms with Gasteiger partial charge in [-0.25, -0.2) is 4.79 Å². The fourth-order valence-corrected chi connectivity index (χ4v) is 4.92. The van der Waals surface area contributed by atoms with Gasteiger partial charge in [-0.05, 0) is 83.4 Å². The molecule has 1 aliphatic heterocycles. The monoisotopic (exact) mass is 676 g/mol. The highest BCUT2D eigenvalue weighted by Crippen LogP contribution is 2.33. The molecule has 10 nitrogen and oxygen atoms in total. The number of esters is 3. The first-order chi connectivity index (χ1) is 23.2. The first-order valence-electron chi connectivity index (χ1n) is 16.4. The normalized spacial score (nSPS) is 21.0. The summed E-state index contributed by atoms with van der Waals surface area (Å²) in [6.45, 7) is 12.4. The number of methoxy groups -OCH3 is 1. The van der Waals surface area contributed by atoms with Crippen LogP contribution in [0.15, 0.2) is 78.9 Å². The molecule has 3 aromatic rings. The minimum absolute atomic E-state index is 0.0742. The van der Waals surface area contributed by atoms with Crippen molar-refractivity contribution < 1.29 is 47.5 Å². The third-order valence-corrected chi connectivity index (χ3v) is 7.89. The summed E-state index contributed by atoms with van der Waals surface area (Å²) in [6.07, 6.45) is -4.91. The molecule has 3 aromatic carbocycles. The van der Waals surface area contributed by atoms with E-state index in [2.05, 4.69) is 0 Å². The highest BCUT2D eigenvalue weighted by Gasteiger charge is 2.51. The lowest BCUT2D eigenvalue weighted by Gasteiger charge is -2.45. The van der Waals surface area contributed by atoms with Crippen LogP contribution >= 0.6 is 0 Å². The maximum atomic E-state index is 13.4. The van der Waals surface area contributed by atoms with E-state index in [0.29, 0.717) is 16.9 Å². The molecule has 1 saturated heterocycles. The fourth-order valence-electron chi connectivity index (χ4n) is 4.92.